The fraction of sp³-hybridized carbons (Fsp3) is 0.429. The van der Waals surface area contributed by atoms with E-state index in [1.54, 1.807) is 19.2 Å². The molecule has 5 nitrogen and oxygen atoms in total. The molecular formula is C14H16BrNO4. The highest BCUT2D eigenvalue weighted by Crippen LogP contribution is 2.38. The molecule has 1 aromatic carbocycles. The number of amides is 1. The van der Waals surface area contributed by atoms with Crippen molar-refractivity contribution in [3.05, 3.63) is 28.2 Å². The Balaban J connectivity index is 2.11. The fourth-order valence-electron chi connectivity index (χ4n) is 2.32. The normalized spacial score (nSPS) is 16.3. The monoisotopic (exact) mass is 341 g/mol. The third kappa shape index (κ3) is 3.19. The Bertz CT molecular complexity index is 534. The first-order chi connectivity index (χ1) is 9.46. The van der Waals surface area contributed by atoms with E-state index in [4.69, 9.17) is 9.84 Å². The second kappa shape index (κ2) is 5.93. The lowest BCUT2D eigenvalue weighted by Crippen LogP contribution is -2.42. The lowest BCUT2D eigenvalue weighted by atomic mass is 9.77. The molecule has 0 spiro atoms. The number of methoxy groups -OCH3 is 1. The van der Waals surface area contributed by atoms with Gasteiger partial charge >= 0.3 is 5.97 Å². The third-order valence-electron chi connectivity index (χ3n) is 3.67. The molecule has 0 radical (unpaired) electrons. The van der Waals surface area contributed by atoms with Crippen LogP contribution in [0.4, 0.5) is 5.69 Å². The SMILES string of the molecule is COC1(CC(=O)Nc2cc(Br)ccc2C(=O)O)CCC1. The number of benzene rings is 1. The molecule has 0 atom stereocenters. The van der Waals surface area contributed by atoms with Crippen molar-refractivity contribution in [1.82, 2.24) is 0 Å². The molecule has 1 aromatic rings. The molecule has 0 bridgehead atoms. The number of ether oxygens (including phenoxy) is 1. The maximum Gasteiger partial charge on any atom is 0.337 e. The van der Waals surface area contributed by atoms with E-state index < -0.39 is 5.97 Å². The van der Waals surface area contributed by atoms with Crippen molar-refractivity contribution in [3.8, 4) is 0 Å². The summed E-state index contributed by atoms with van der Waals surface area (Å²) in [5.74, 6) is -1.30. The molecular weight excluding hydrogens is 326 g/mol. The average molecular weight is 342 g/mol. The predicted molar refractivity (Wildman–Crippen MR) is 77.9 cm³/mol. The van der Waals surface area contributed by atoms with Gasteiger partial charge in [-0.3, -0.25) is 4.79 Å². The van der Waals surface area contributed by atoms with E-state index in [2.05, 4.69) is 21.2 Å². The van der Waals surface area contributed by atoms with Gasteiger partial charge in [-0.05, 0) is 37.5 Å². The quantitative estimate of drug-likeness (QED) is 0.862. The number of anilines is 1. The van der Waals surface area contributed by atoms with Crippen LogP contribution in [0.3, 0.4) is 0 Å². The van der Waals surface area contributed by atoms with Gasteiger partial charge in [-0.15, -0.1) is 0 Å². The van der Waals surface area contributed by atoms with Crippen LogP contribution in [-0.4, -0.2) is 29.7 Å². The zero-order chi connectivity index (χ0) is 14.8. The molecule has 1 aliphatic carbocycles. The summed E-state index contributed by atoms with van der Waals surface area (Å²) in [7, 11) is 1.61. The molecule has 6 heteroatoms. The van der Waals surface area contributed by atoms with Gasteiger partial charge in [-0.25, -0.2) is 4.79 Å². The van der Waals surface area contributed by atoms with Gasteiger partial charge < -0.3 is 15.2 Å². The number of carbonyl (C=O) groups is 2. The standard InChI is InChI=1S/C14H16BrNO4/c1-20-14(5-2-6-14)8-12(17)16-11-7-9(15)3-4-10(11)13(18)19/h3-4,7H,2,5-6,8H2,1H3,(H,16,17)(H,18,19). The van der Waals surface area contributed by atoms with Gasteiger partial charge in [0.2, 0.25) is 5.91 Å². The summed E-state index contributed by atoms with van der Waals surface area (Å²) >= 11 is 3.27. The Morgan fingerprint density at radius 1 is 1.45 bits per heavy atom. The Morgan fingerprint density at radius 3 is 2.65 bits per heavy atom. The number of rotatable bonds is 5. The van der Waals surface area contributed by atoms with Gasteiger partial charge in [0.1, 0.15) is 0 Å². The summed E-state index contributed by atoms with van der Waals surface area (Å²) in [6, 6.07) is 4.67. The second-order valence-electron chi connectivity index (χ2n) is 4.96. The molecule has 1 aliphatic rings. The van der Waals surface area contributed by atoms with Crippen molar-refractivity contribution >= 4 is 33.5 Å². The number of carboxylic acid groups (broad SMARTS) is 1. The van der Waals surface area contributed by atoms with Crippen LogP contribution in [-0.2, 0) is 9.53 Å². The van der Waals surface area contributed by atoms with Gasteiger partial charge in [0.25, 0.3) is 0 Å². The summed E-state index contributed by atoms with van der Waals surface area (Å²) in [4.78, 5) is 23.2. The first kappa shape index (κ1) is 15.0. The summed E-state index contributed by atoms with van der Waals surface area (Å²) in [5, 5.41) is 11.8. The number of carbonyl (C=O) groups excluding carboxylic acids is 1. The third-order valence-corrected chi connectivity index (χ3v) is 4.16. The highest BCUT2D eigenvalue weighted by Gasteiger charge is 2.39. The van der Waals surface area contributed by atoms with Gasteiger partial charge in [0.15, 0.2) is 0 Å². The maximum absolute atomic E-state index is 12.1. The minimum atomic E-state index is -1.07. The van der Waals surface area contributed by atoms with Gasteiger partial charge in [-0.1, -0.05) is 15.9 Å². The number of nitrogens with one attached hydrogen (secondary N) is 1. The zero-order valence-corrected chi connectivity index (χ0v) is 12.7. The molecule has 108 valence electrons. The molecule has 0 heterocycles. The smallest absolute Gasteiger partial charge is 0.337 e. The molecule has 0 aliphatic heterocycles. The number of carboxylic acids is 1. The largest absolute Gasteiger partial charge is 0.478 e. The lowest BCUT2D eigenvalue weighted by Gasteiger charge is -2.39. The van der Waals surface area contributed by atoms with E-state index in [9.17, 15) is 9.59 Å². The van der Waals surface area contributed by atoms with Crippen LogP contribution in [0.5, 0.6) is 0 Å². The van der Waals surface area contributed by atoms with Crippen molar-refractivity contribution in [3.63, 3.8) is 0 Å². The Hall–Kier alpha value is -1.40. The van der Waals surface area contributed by atoms with Crippen molar-refractivity contribution in [2.75, 3.05) is 12.4 Å². The number of hydrogen-bond donors (Lipinski definition) is 2. The highest BCUT2D eigenvalue weighted by molar-refractivity contribution is 9.10. The van der Waals surface area contributed by atoms with Crippen molar-refractivity contribution < 1.29 is 19.4 Å². The molecule has 1 fully saturated rings. The van der Waals surface area contributed by atoms with Crippen LogP contribution < -0.4 is 5.32 Å². The summed E-state index contributed by atoms with van der Waals surface area (Å²) in [6.07, 6.45) is 3.02. The van der Waals surface area contributed by atoms with Gasteiger partial charge in [0, 0.05) is 11.6 Å². The second-order valence-corrected chi connectivity index (χ2v) is 5.88. The fourth-order valence-corrected chi connectivity index (χ4v) is 2.68. The van der Waals surface area contributed by atoms with Crippen LogP contribution in [0.25, 0.3) is 0 Å². The molecule has 0 aromatic heterocycles. The molecule has 1 amide bonds. The molecule has 2 rings (SSSR count). The Kier molecular flexibility index (Phi) is 4.45. The van der Waals surface area contributed by atoms with Gasteiger partial charge in [-0.2, -0.15) is 0 Å². The van der Waals surface area contributed by atoms with E-state index in [0.717, 1.165) is 19.3 Å². The maximum atomic E-state index is 12.1. The minimum Gasteiger partial charge on any atom is -0.478 e. The van der Waals surface area contributed by atoms with Gasteiger partial charge in [0.05, 0.1) is 23.3 Å². The molecule has 0 unspecified atom stereocenters. The first-order valence-electron chi connectivity index (χ1n) is 6.34. The number of hydrogen-bond acceptors (Lipinski definition) is 3. The number of aromatic carboxylic acids is 1. The number of halogens is 1. The van der Waals surface area contributed by atoms with E-state index >= 15 is 0 Å². The zero-order valence-electron chi connectivity index (χ0n) is 11.1. The highest BCUT2D eigenvalue weighted by atomic mass is 79.9. The minimum absolute atomic E-state index is 0.0710. The van der Waals surface area contributed by atoms with Crippen molar-refractivity contribution in [2.24, 2.45) is 0 Å². The van der Waals surface area contributed by atoms with Crippen LogP contribution in [0, 0.1) is 0 Å². The van der Waals surface area contributed by atoms with E-state index in [1.165, 1.54) is 6.07 Å². The predicted octanol–water partition coefficient (Wildman–Crippen LogP) is 3.05. The molecule has 2 N–H and O–H groups in total. The molecule has 1 saturated carbocycles. The van der Waals surface area contributed by atoms with Crippen LogP contribution >= 0.6 is 15.9 Å². The Morgan fingerprint density at radius 2 is 2.15 bits per heavy atom. The van der Waals surface area contributed by atoms with E-state index in [1.807, 2.05) is 0 Å². The first-order valence-corrected chi connectivity index (χ1v) is 7.13. The van der Waals surface area contributed by atoms with Crippen molar-refractivity contribution in [1.29, 1.82) is 0 Å². The van der Waals surface area contributed by atoms with Crippen LogP contribution in [0.1, 0.15) is 36.0 Å². The summed E-state index contributed by atoms with van der Waals surface area (Å²) in [6.45, 7) is 0. The van der Waals surface area contributed by atoms with Crippen LogP contribution in [0.2, 0.25) is 0 Å². The Labute approximate surface area is 125 Å². The summed E-state index contributed by atoms with van der Waals surface area (Å²) < 4.78 is 6.11. The van der Waals surface area contributed by atoms with Crippen molar-refractivity contribution in [2.45, 2.75) is 31.3 Å². The topological polar surface area (TPSA) is 75.6 Å². The average Bonchev–Trinajstić information content (AvgIpc) is 2.33. The summed E-state index contributed by atoms with van der Waals surface area (Å²) in [5.41, 5.74) is -0.0106. The van der Waals surface area contributed by atoms with E-state index in [0.29, 0.717) is 10.2 Å². The molecule has 0 saturated heterocycles. The van der Waals surface area contributed by atoms with E-state index in [-0.39, 0.29) is 23.5 Å². The molecule has 20 heavy (non-hydrogen) atoms. The lowest BCUT2D eigenvalue weighted by molar-refractivity contribution is -0.129. The van der Waals surface area contributed by atoms with Crippen LogP contribution in [0.15, 0.2) is 22.7 Å².